The van der Waals surface area contributed by atoms with E-state index in [4.69, 9.17) is 4.74 Å². The topological polar surface area (TPSA) is 46.6 Å². The minimum atomic E-state index is -4.43. The Labute approximate surface area is 138 Å². The van der Waals surface area contributed by atoms with E-state index in [1.54, 1.807) is 20.8 Å². The van der Waals surface area contributed by atoms with E-state index in [9.17, 15) is 22.8 Å². The maximum absolute atomic E-state index is 12.6. The van der Waals surface area contributed by atoms with Gasteiger partial charge in [-0.05, 0) is 39.3 Å². The highest BCUT2D eigenvalue weighted by molar-refractivity contribution is 5.98. The van der Waals surface area contributed by atoms with Crippen LogP contribution in [0, 0.1) is 5.92 Å². The number of carbonyl (C=O) groups is 2. The van der Waals surface area contributed by atoms with E-state index in [-0.39, 0.29) is 17.9 Å². The van der Waals surface area contributed by atoms with Gasteiger partial charge in [0.15, 0.2) is 5.78 Å². The number of benzene rings is 1. The third kappa shape index (κ3) is 4.49. The molecule has 0 aromatic heterocycles. The molecule has 1 heterocycles. The third-order valence-electron chi connectivity index (χ3n) is 3.71. The van der Waals surface area contributed by atoms with E-state index in [0.717, 1.165) is 12.1 Å². The summed E-state index contributed by atoms with van der Waals surface area (Å²) in [7, 11) is 0. The summed E-state index contributed by atoms with van der Waals surface area (Å²) in [5.41, 5.74) is -1.19. The van der Waals surface area contributed by atoms with Crippen molar-refractivity contribution >= 4 is 11.9 Å². The lowest BCUT2D eigenvalue weighted by Gasteiger charge is -2.24. The highest BCUT2D eigenvalue weighted by atomic mass is 19.4. The molecule has 2 rings (SSSR count). The van der Waals surface area contributed by atoms with Gasteiger partial charge in [-0.15, -0.1) is 0 Å². The van der Waals surface area contributed by atoms with Gasteiger partial charge in [-0.1, -0.05) is 12.1 Å². The fraction of sp³-hybridized carbons (Fsp3) is 0.529. The molecule has 1 unspecified atom stereocenters. The Hall–Kier alpha value is -2.05. The Morgan fingerprint density at radius 1 is 1.12 bits per heavy atom. The number of rotatable bonds is 2. The number of ether oxygens (including phenoxy) is 1. The monoisotopic (exact) mass is 343 g/mol. The van der Waals surface area contributed by atoms with Crippen LogP contribution in [-0.2, 0) is 10.9 Å². The molecular formula is C17H20F3NO3. The standard InChI is InChI=1S/C17H20F3NO3/c1-16(2,3)24-15(23)21-9-8-12(10-21)14(22)11-4-6-13(7-5-11)17(18,19)20/h4-7,12H,8-10H2,1-3H3. The molecule has 1 aromatic carbocycles. The molecule has 0 saturated carbocycles. The molecule has 0 N–H and O–H groups in total. The first-order chi connectivity index (χ1) is 11.0. The lowest BCUT2D eigenvalue weighted by Crippen LogP contribution is -2.35. The highest BCUT2D eigenvalue weighted by Gasteiger charge is 2.34. The molecule has 1 amide bonds. The first-order valence-electron chi connectivity index (χ1n) is 7.67. The molecular weight excluding hydrogens is 323 g/mol. The Morgan fingerprint density at radius 3 is 2.21 bits per heavy atom. The average Bonchev–Trinajstić information content (AvgIpc) is 2.94. The van der Waals surface area contributed by atoms with Crippen LogP contribution in [-0.4, -0.2) is 35.5 Å². The molecule has 0 spiro atoms. The second kappa shape index (κ2) is 6.45. The number of nitrogens with zero attached hydrogens (tertiary/aromatic N) is 1. The van der Waals surface area contributed by atoms with Gasteiger partial charge in [0.25, 0.3) is 0 Å². The number of Topliss-reactive ketones (excluding diaryl/α,β-unsaturated/α-hetero) is 1. The Kier molecular flexibility index (Phi) is 4.92. The summed E-state index contributed by atoms with van der Waals surface area (Å²) in [6.07, 6.45) is -4.44. The van der Waals surface area contributed by atoms with Crippen molar-refractivity contribution in [2.45, 2.75) is 39.0 Å². The zero-order valence-electron chi connectivity index (χ0n) is 13.8. The lowest BCUT2D eigenvalue weighted by atomic mass is 9.96. The van der Waals surface area contributed by atoms with Crippen molar-refractivity contribution < 1.29 is 27.5 Å². The van der Waals surface area contributed by atoms with Crippen molar-refractivity contribution in [2.24, 2.45) is 5.92 Å². The molecule has 1 aromatic rings. The number of ketones is 1. The molecule has 1 atom stereocenters. The van der Waals surface area contributed by atoms with Gasteiger partial charge in [0.2, 0.25) is 0 Å². The van der Waals surface area contributed by atoms with Gasteiger partial charge in [-0.3, -0.25) is 4.79 Å². The summed E-state index contributed by atoms with van der Waals surface area (Å²) in [5.74, 6) is -0.677. The molecule has 1 aliphatic rings. The number of likely N-dealkylation sites (tertiary alicyclic amines) is 1. The van der Waals surface area contributed by atoms with Crippen molar-refractivity contribution in [3.8, 4) is 0 Å². The van der Waals surface area contributed by atoms with Gasteiger partial charge in [0.1, 0.15) is 5.60 Å². The zero-order valence-corrected chi connectivity index (χ0v) is 13.8. The van der Waals surface area contributed by atoms with E-state index in [1.807, 2.05) is 0 Å². The number of hydrogen-bond donors (Lipinski definition) is 0. The summed E-state index contributed by atoms with van der Waals surface area (Å²) >= 11 is 0. The maximum Gasteiger partial charge on any atom is 0.416 e. The van der Waals surface area contributed by atoms with Gasteiger partial charge in [0.05, 0.1) is 5.56 Å². The Morgan fingerprint density at radius 2 is 1.71 bits per heavy atom. The van der Waals surface area contributed by atoms with Crippen molar-refractivity contribution in [2.75, 3.05) is 13.1 Å². The number of hydrogen-bond acceptors (Lipinski definition) is 3. The molecule has 1 aliphatic heterocycles. The quantitative estimate of drug-likeness (QED) is 0.758. The molecule has 1 fully saturated rings. The van der Waals surface area contributed by atoms with Crippen LogP contribution in [0.4, 0.5) is 18.0 Å². The van der Waals surface area contributed by atoms with E-state index >= 15 is 0 Å². The largest absolute Gasteiger partial charge is 0.444 e. The van der Waals surface area contributed by atoms with Crippen molar-refractivity contribution in [1.82, 2.24) is 4.90 Å². The first kappa shape index (κ1) is 18.3. The molecule has 0 radical (unpaired) electrons. The number of halogens is 3. The second-order valence-corrected chi connectivity index (χ2v) is 6.85. The molecule has 1 saturated heterocycles. The van der Waals surface area contributed by atoms with Gasteiger partial charge in [0, 0.05) is 24.6 Å². The number of alkyl halides is 3. The van der Waals surface area contributed by atoms with Crippen molar-refractivity contribution in [1.29, 1.82) is 0 Å². The summed E-state index contributed by atoms with van der Waals surface area (Å²) in [6.45, 7) is 5.88. The van der Waals surface area contributed by atoms with E-state index in [2.05, 4.69) is 0 Å². The molecule has 0 aliphatic carbocycles. The minimum Gasteiger partial charge on any atom is -0.444 e. The maximum atomic E-state index is 12.6. The predicted molar refractivity (Wildman–Crippen MR) is 81.7 cm³/mol. The summed E-state index contributed by atoms with van der Waals surface area (Å²) < 4.78 is 42.9. The van der Waals surface area contributed by atoms with Crippen LogP contribution in [0.1, 0.15) is 43.1 Å². The Balaban J connectivity index is 2.00. The van der Waals surface area contributed by atoms with Gasteiger partial charge in [-0.2, -0.15) is 13.2 Å². The molecule has 0 bridgehead atoms. The predicted octanol–water partition coefficient (Wildman–Crippen LogP) is 4.15. The SMILES string of the molecule is CC(C)(C)OC(=O)N1CCC(C(=O)c2ccc(C(F)(F)F)cc2)C1. The van der Waals surface area contributed by atoms with Gasteiger partial charge >= 0.3 is 12.3 Å². The van der Waals surface area contributed by atoms with E-state index in [1.165, 1.54) is 17.0 Å². The normalized spacial score (nSPS) is 18.6. The van der Waals surface area contributed by atoms with E-state index < -0.39 is 29.4 Å². The average molecular weight is 343 g/mol. The third-order valence-corrected chi connectivity index (χ3v) is 3.71. The van der Waals surface area contributed by atoms with Crippen LogP contribution in [0.3, 0.4) is 0 Å². The van der Waals surface area contributed by atoms with Crippen LogP contribution >= 0.6 is 0 Å². The van der Waals surface area contributed by atoms with Gasteiger partial charge in [-0.25, -0.2) is 4.79 Å². The molecule has 24 heavy (non-hydrogen) atoms. The number of amides is 1. The van der Waals surface area contributed by atoms with Crippen LogP contribution < -0.4 is 0 Å². The number of carbonyl (C=O) groups excluding carboxylic acids is 2. The molecule has 132 valence electrons. The van der Waals surface area contributed by atoms with Crippen molar-refractivity contribution in [3.05, 3.63) is 35.4 Å². The lowest BCUT2D eigenvalue weighted by molar-refractivity contribution is -0.137. The van der Waals surface area contributed by atoms with Crippen LogP contribution in [0.25, 0.3) is 0 Å². The molecule has 4 nitrogen and oxygen atoms in total. The van der Waals surface area contributed by atoms with Crippen LogP contribution in [0.15, 0.2) is 24.3 Å². The second-order valence-electron chi connectivity index (χ2n) is 6.85. The summed E-state index contributed by atoms with van der Waals surface area (Å²) in [4.78, 5) is 25.8. The highest BCUT2D eigenvalue weighted by Crippen LogP contribution is 2.30. The first-order valence-corrected chi connectivity index (χ1v) is 7.67. The van der Waals surface area contributed by atoms with Crippen LogP contribution in [0.2, 0.25) is 0 Å². The van der Waals surface area contributed by atoms with E-state index in [0.29, 0.717) is 13.0 Å². The van der Waals surface area contributed by atoms with Crippen molar-refractivity contribution in [3.63, 3.8) is 0 Å². The van der Waals surface area contributed by atoms with Gasteiger partial charge < -0.3 is 9.64 Å². The van der Waals surface area contributed by atoms with Crippen LogP contribution in [0.5, 0.6) is 0 Å². The summed E-state index contributed by atoms with van der Waals surface area (Å²) in [6, 6.07) is 4.16. The fourth-order valence-electron chi connectivity index (χ4n) is 2.53. The summed E-state index contributed by atoms with van der Waals surface area (Å²) in [5, 5.41) is 0. The smallest absolute Gasteiger partial charge is 0.416 e. The fourth-order valence-corrected chi connectivity index (χ4v) is 2.53. The minimum absolute atomic E-state index is 0.217. The molecule has 7 heteroatoms. The Bertz CT molecular complexity index is 617. The zero-order chi connectivity index (χ0) is 18.1.